The molecule has 29 heavy (non-hydrogen) atoms. The van der Waals surface area contributed by atoms with E-state index in [2.05, 4.69) is 25.7 Å². The number of aromatic hydroxyl groups is 2. The van der Waals surface area contributed by atoms with Crippen molar-refractivity contribution in [2.75, 3.05) is 6.61 Å². The van der Waals surface area contributed by atoms with Crippen molar-refractivity contribution in [3.05, 3.63) is 59.2 Å². The third-order valence-corrected chi connectivity index (χ3v) is 6.89. The number of benzene rings is 1. The van der Waals surface area contributed by atoms with E-state index in [1.807, 2.05) is 25.1 Å². The highest BCUT2D eigenvalue weighted by Crippen LogP contribution is 2.50. The molecule has 3 nitrogen and oxygen atoms in total. The average Bonchev–Trinajstić information content (AvgIpc) is 3.17. The lowest BCUT2D eigenvalue weighted by atomic mass is 9.72. The molecule has 0 radical (unpaired) electrons. The molecule has 0 aromatic heterocycles. The molecule has 3 rings (SSSR count). The lowest BCUT2D eigenvalue weighted by Crippen LogP contribution is -2.21. The van der Waals surface area contributed by atoms with E-state index in [4.69, 9.17) is 0 Å². The summed E-state index contributed by atoms with van der Waals surface area (Å²) in [5, 5.41) is 31.7. The summed E-state index contributed by atoms with van der Waals surface area (Å²) in [5.41, 5.74) is 3.49. The van der Waals surface area contributed by atoms with Crippen molar-refractivity contribution in [3.63, 3.8) is 0 Å². The van der Waals surface area contributed by atoms with Gasteiger partial charge >= 0.3 is 0 Å². The summed E-state index contributed by atoms with van der Waals surface area (Å²) in [6, 6.07) is 3.74. The minimum Gasteiger partial charge on any atom is -0.507 e. The Morgan fingerprint density at radius 1 is 1.21 bits per heavy atom. The van der Waals surface area contributed by atoms with Crippen LogP contribution in [0.15, 0.2) is 48.1 Å². The molecular formula is C26H36O3. The van der Waals surface area contributed by atoms with Crippen molar-refractivity contribution in [1.29, 1.82) is 0 Å². The van der Waals surface area contributed by atoms with Gasteiger partial charge < -0.3 is 15.3 Å². The van der Waals surface area contributed by atoms with Crippen LogP contribution in [0.2, 0.25) is 0 Å². The first-order valence-electron chi connectivity index (χ1n) is 11.1. The Labute approximate surface area is 175 Å². The average molecular weight is 397 g/mol. The quantitative estimate of drug-likeness (QED) is 0.477. The van der Waals surface area contributed by atoms with Crippen LogP contribution in [0.1, 0.15) is 82.3 Å². The first-order valence-corrected chi connectivity index (χ1v) is 11.1. The van der Waals surface area contributed by atoms with Crippen LogP contribution in [-0.4, -0.2) is 21.9 Å². The third-order valence-electron chi connectivity index (χ3n) is 6.89. The Hall–Kier alpha value is -2.00. The monoisotopic (exact) mass is 396 g/mol. The Bertz CT molecular complexity index is 773. The largest absolute Gasteiger partial charge is 0.507 e. The molecule has 3 heteroatoms. The van der Waals surface area contributed by atoms with Crippen LogP contribution in [0.4, 0.5) is 0 Å². The van der Waals surface area contributed by atoms with Gasteiger partial charge in [0.15, 0.2) is 0 Å². The first-order chi connectivity index (χ1) is 13.9. The van der Waals surface area contributed by atoms with E-state index in [-0.39, 0.29) is 35.4 Å². The van der Waals surface area contributed by atoms with Gasteiger partial charge in [0.05, 0.1) is 6.61 Å². The molecule has 0 aliphatic heterocycles. The van der Waals surface area contributed by atoms with Gasteiger partial charge in [-0.05, 0) is 68.2 Å². The van der Waals surface area contributed by atoms with Gasteiger partial charge in [-0.2, -0.15) is 0 Å². The van der Waals surface area contributed by atoms with Crippen LogP contribution in [0.3, 0.4) is 0 Å². The molecule has 158 valence electrons. The number of unbranched alkanes of at least 4 members (excludes halogenated alkanes) is 1. The number of rotatable bonds is 7. The maximum atomic E-state index is 11.0. The molecular weight excluding hydrogens is 360 g/mol. The Morgan fingerprint density at radius 2 is 1.86 bits per heavy atom. The van der Waals surface area contributed by atoms with Crippen molar-refractivity contribution in [3.8, 4) is 11.5 Å². The van der Waals surface area contributed by atoms with Gasteiger partial charge in [-0.3, -0.25) is 0 Å². The highest BCUT2D eigenvalue weighted by Gasteiger charge is 2.36. The molecule has 2 aliphatic carbocycles. The second-order valence-electron chi connectivity index (χ2n) is 8.98. The molecule has 1 aromatic carbocycles. The van der Waals surface area contributed by atoms with Crippen LogP contribution < -0.4 is 0 Å². The zero-order valence-electron chi connectivity index (χ0n) is 18.0. The number of hydrogen-bond acceptors (Lipinski definition) is 3. The van der Waals surface area contributed by atoms with Crippen molar-refractivity contribution < 1.29 is 15.3 Å². The first kappa shape index (κ1) is 21.7. The van der Waals surface area contributed by atoms with Gasteiger partial charge in [0.25, 0.3) is 0 Å². The van der Waals surface area contributed by atoms with Gasteiger partial charge in [0.2, 0.25) is 0 Å². The van der Waals surface area contributed by atoms with Gasteiger partial charge in [0.1, 0.15) is 11.5 Å². The maximum absolute atomic E-state index is 11.0. The summed E-state index contributed by atoms with van der Waals surface area (Å²) in [5.74, 6) is 0.300. The second-order valence-corrected chi connectivity index (χ2v) is 8.98. The maximum Gasteiger partial charge on any atom is 0.123 e. The van der Waals surface area contributed by atoms with E-state index < -0.39 is 0 Å². The van der Waals surface area contributed by atoms with E-state index in [0.29, 0.717) is 5.56 Å². The van der Waals surface area contributed by atoms with E-state index in [1.54, 1.807) is 0 Å². The topological polar surface area (TPSA) is 60.7 Å². The second kappa shape index (κ2) is 9.21. The lowest BCUT2D eigenvalue weighted by molar-refractivity contribution is 0.314. The highest BCUT2D eigenvalue weighted by molar-refractivity contribution is 5.54. The lowest BCUT2D eigenvalue weighted by Gasteiger charge is -2.33. The van der Waals surface area contributed by atoms with Crippen LogP contribution in [0.25, 0.3) is 0 Å². The molecule has 0 bridgehead atoms. The van der Waals surface area contributed by atoms with E-state index >= 15 is 0 Å². The molecule has 2 aliphatic rings. The van der Waals surface area contributed by atoms with Gasteiger partial charge in [-0.25, -0.2) is 0 Å². The summed E-state index contributed by atoms with van der Waals surface area (Å²) < 4.78 is 0. The molecule has 2 atom stereocenters. The number of phenolic OH excluding ortho intramolecular Hbond substituents is 2. The Balaban J connectivity index is 2.04. The van der Waals surface area contributed by atoms with Gasteiger partial charge in [0, 0.05) is 16.9 Å². The predicted octanol–water partition coefficient (Wildman–Crippen LogP) is 6.25. The van der Waals surface area contributed by atoms with Crippen molar-refractivity contribution in [2.24, 2.45) is 5.92 Å². The third kappa shape index (κ3) is 4.45. The molecule has 0 saturated heterocycles. The SMILES string of the molecule is C=C(C)[C@H]1CCC(CO)=C[C@@H]1c1c(O)cc(C2(/C=C/CCC)CCCC2)cc1O. The number of phenols is 2. The minimum atomic E-state index is -0.160. The van der Waals surface area contributed by atoms with Crippen LogP contribution in [-0.2, 0) is 5.41 Å². The standard InChI is InChI=1S/C26H36O3/c1-4-5-6-11-26(12-7-8-13-26)20-15-23(28)25(24(29)16-20)22-14-19(17-27)9-10-21(22)18(2)3/h6,11,14-16,21-22,27-29H,2,4-5,7-10,12-13,17H2,1,3H3/b11-6+/t21-,22+/m1/s1. The summed E-state index contributed by atoms with van der Waals surface area (Å²) in [7, 11) is 0. The van der Waals surface area contributed by atoms with Crippen LogP contribution in [0.5, 0.6) is 11.5 Å². The fraction of sp³-hybridized carbons (Fsp3) is 0.538. The molecule has 0 spiro atoms. The predicted molar refractivity (Wildman–Crippen MR) is 119 cm³/mol. The van der Waals surface area contributed by atoms with Gasteiger partial charge in [-0.15, -0.1) is 0 Å². The minimum absolute atomic E-state index is 0.0182. The molecule has 1 saturated carbocycles. The highest BCUT2D eigenvalue weighted by atomic mass is 16.3. The van der Waals surface area contributed by atoms with Gasteiger partial charge in [-0.1, -0.05) is 56.6 Å². The van der Waals surface area contributed by atoms with E-state index in [9.17, 15) is 15.3 Å². The summed E-state index contributed by atoms with van der Waals surface area (Å²) >= 11 is 0. The zero-order chi connectivity index (χ0) is 21.0. The molecule has 0 unspecified atom stereocenters. The summed E-state index contributed by atoms with van der Waals surface area (Å²) in [4.78, 5) is 0. The van der Waals surface area contributed by atoms with Crippen molar-refractivity contribution in [2.45, 2.75) is 76.5 Å². The summed E-state index contributed by atoms with van der Waals surface area (Å²) in [6.07, 6.45) is 14.9. The normalized spacial score (nSPS) is 24.0. The number of aliphatic hydroxyl groups excluding tert-OH is 1. The van der Waals surface area contributed by atoms with Crippen molar-refractivity contribution in [1.82, 2.24) is 0 Å². The smallest absolute Gasteiger partial charge is 0.123 e. The number of allylic oxidation sites excluding steroid dienone is 4. The fourth-order valence-corrected chi connectivity index (χ4v) is 5.23. The summed E-state index contributed by atoms with van der Waals surface area (Å²) in [6.45, 7) is 8.33. The molecule has 0 amide bonds. The van der Waals surface area contributed by atoms with E-state index in [0.717, 1.165) is 55.2 Å². The molecule has 1 fully saturated rings. The Morgan fingerprint density at radius 3 is 2.41 bits per heavy atom. The van der Waals surface area contributed by atoms with Crippen LogP contribution >= 0.6 is 0 Å². The number of hydrogen-bond donors (Lipinski definition) is 3. The van der Waals surface area contributed by atoms with Crippen molar-refractivity contribution >= 4 is 0 Å². The number of aliphatic hydroxyl groups is 1. The van der Waals surface area contributed by atoms with E-state index in [1.165, 1.54) is 12.8 Å². The zero-order valence-corrected chi connectivity index (χ0v) is 18.0. The fourth-order valence-electron chi connectivity index (χ4n) is 5.23. The Kier molecular flexibility index (Phi) is 6.89. The molecule has 1 aromatic rings. The molecule has 0 heterocycles. The van der Waals surface area contributed by atoms with Crippen LogP contribution in [0, 0.1) is 5.92 Å². The molecule has 3 N–H and O–H groups in total.